The highest BCUT2D eigenvalue weighted by atomic mass is 16.2. The third-order valence-electron chi connectivity index (χ3n) is 5.41. The Morgan fingerprint density at radius 2 is 1.85 bits per heavy atom. The molecule has 1 amide bonds. The van der Waals surface area contributed by atoms with Crippen molar-refractivity contribution in [1.29, 1.82) is 0 Å². The second kappa shape index (κ2) is 7.45. The minimum atomic E-state index is -0.200. The molecule has 0 spiro atoms. The quantitative estimate of drug-likeness (QED) is 0.913. The molecule has 0 aromatic heterocycles. The zero-order chi connectivity index (χ0) is 18.8. The van der Waals surface area contributed by atoms with Gasteiger partial charge in [-0.2, -0.15) is 0 Å². The van der Waals surface area contributed by atoms with Crippen LogP contribution in [0.25, 0.3) is 0 Å². The summed E-state index contributed by atoms with van der Waals surface area (Å²) in [5.41, 5.74) is 3.61. The van der Waals surface area contributed by atoms with Gasteiger partial charge in [0.15, 0.2) is 0 Å². The molecular formula is C22H23N3O2. The molecule has 2 unspecified atom stereocenters. The topological polar surface area (TPSA) is 61.8 Å². The van der Waals surface area contributed by atoms with Crippen molar-refractivity contribution in [1.82, 2.24) is 5.32 Å². The van der Waals surface area contributed by atoms with Gasteiger partial charge in [0, 0.05) is 23.7 Å². The fraction of sp³-hybridized carbons (Fsp3) is 0.318. The molecule has 4 rings (SSSR count). The number of para-hydroxylation sites is 1. The second-order valence-electron chi connectivity index (χ2n) is 7.09. The third-order valence-corrected chi connectivity index (χ3v) is 5.41. The SMILES string of the molecule is CC(=O)C1CNCCC1N1C(=O)CN=C(c2ccccc2)c2ccccc21. The van der Waals surface area contributed by atoms with Crippen LogP contribution in [0.4, 0.5) is 5.69 Å². The molecule has 2 aliphatic heterocycles. The van der Waals surface area contributed by atoms with Gasteiger partial charge in [-0.1, -0.05) is 48.5 Å². The average molecular weight is 361 g/mol. The predicted octanol–water partition coefficient (Wildman–Crippen LogP) is 2.44. The number of anilines is 1. The van der Waals surface area contributed by atoms with E-state index in [-0.39, 0.29) is 30.2 Å². The zero-order valence-electron chi connectivity index (χ0n) is 15.4. The van der Waals surface area contributed by atoms with Gasteiger partial charge in [0.05, 0.1) is 17.3 Å². The van der Waals surface area contributed by atoms with Crippen molar-refractivity contribution in [3.8, 4) is 0 Å². The number of piperidine rings is 1. The molecule has 0 saturated carbocycles. The first kappa shape index (κ1) is 17.6. The predicted molar refractivity (Wildman–Crippen MR) is 106 cm³/mol. The van der Waals surface area contributed by atoms with Crippen molar-refractivity contribution < 1.29 is 9.59 Å². The second-order valence-corrected chi connectivity index (χ2v) is 7.09. The lowest BCUT2D eigenvalue weighted by molar-refractivity contribution is -0.122. The van der Waals surface area contributed by atoms with Crippen LogP contribution in [-0.2, 0) is 9.59 Å². The number of nitrogens with zero attached hydrogens (tertiary/aromatic N) is 2. The first-order valence-corrected chi connectivity index (χ1v) is 9.39. The van der Waals surface area contributed by atoms with Crippen LogP contribution in [0.2, 0.25) is 0 Å². The number of fused-ring (bicyclic) bond motifs is 1. The normalized spacial score (nSPS) is 22.6. The Hall–Kier alpha value is -2.79. The maximum absolute atomic E-state index is 13.1. The number of benzene rings is 2. The van der Waals surface area contributed by atoms with Crippen molar-refractivity contribution in [2.24, 2.45) is 10.9 Å². The summed E-state index contributed by atoms with van der Waals surface area (Å²) >= 11 is 0. The van der Waals surface area contributed by atoms with Crippen molar-refractivity contribution in [3.05, 3.63) is 65.7 Å². The number of aliphatic imine (C=N–C) groups is 1. The van der Waals surface area contributed by atoms with Crippen LogP contribution in [0.3, 0.4) is 0 Å². The van der Waals surface area contributed by atoms with Crippen LogP contribution < -0.4 is 10.2 Å². The molecule has 1 fully saturated rings. The molecule has 5 nitrogen and oxygen atoms in total. The number of hydrogen-bond donors (Lipinski definition) is 1. The lowest BCUT2D eigenvalue weighted by Gasteiger charge is -2.39. The third kappa shape index (κ3) is 3.30. The number of carbonyl (C=O) groups is 2. The Labute approximate surface area is 159 Å². The van der Waals surface area contributed by atoms with Gasteiger partial charge in [-0.3, -0.25) is 14.6 Å². The first-order valence-electron chi connectivity index (χ1n) is 9.39. The number of rotatable bonds is 3. The smallest absolute Gasteiger partial charge is 0.248 e. The summed E-state index contributed by atoms with van der Waals surface area (Å²) in [5.74, 6) is -0.133. The van der Waals surface area contributed by atoms with Crippen LogP contribution in [0, 0.1) is 5.92 Å². The minimum absolute atomic E-state index is 0.0495. The first-order chi connectivity index (χ1) is 13.2. The molecular weight excluding hydrogens is 338 g/mol. The number of benzodiazepines with no additional fused rings is 1. The highest BCUT2D eigenvalue weighted by Crippen LogP contribution is 2.32. The Morgan fingerprint density at radius 3 is 2.63 bits per heavy atom. The van der Waals surface area contributed by atoms with Gasteiger partial charge >= 0.3 is 0 Å². The molecule has 0 bridgehead atoms. The van der Waals surface area contributed by atoms with Crippen molar-refractivity contribution >= 4 is 23.1 Å². The molecule has 2 aliphatic rings. The number of nitrogens with one attached hydrogen (secondary N) is 1. The number of Topliss-reactive ketones (excluding diaryl/α,β-unsaturated/α-hetero) is 1. The standard InChI is InChI=1S/C22H23N3O2/c1-15(26)18-13-23-12-11-20(18)25-19-10-6-5-9-17(19)22(24-14-21(25)27)16-7-3-2-4-8-16/h2-10,18,20,23H,11-14H2,1H3. The van der Waals surface area contributed by atoms with E-state index in [0.717, 1.165) is 35.5 Å². The molecule has 0 aliphatic carbocycles. The molecule has 138 valence electrons. The summed E-state index contributed by atoms with van der Waals surface area (Å²) in [7, 11) is 0. The van der Waals surface area contributed by atoms with E-state index >= 15 is 0 Å². The van der Waals surface area contributed by atoms with Crippen LogP contribution >= 0.6 is 0 Å². The number of carbonyl (C=O) groups excluding carboxylic acids is 2. The van der Waals surface area contributed by atoms with Crippen molar-refractivity contribution in [3.63, 3.8) is 0 Å². The number of hydrogen-bond acceptors (Lipinski definition) is 4. The molecule has 5 heteroatoms. The summed E-state index contributed by atoms with van der Waals surface area (Å²) in [6.07, 6.45) is 0.755. The van der Waals surface area contributed by atoms with Gasteiger partial charge < -0.3 is 10.2 Å². The van der Waals surface area contributed by atoms with Crippen molar-refractivity contribution in [2.75, 3.05) is 24.5 Å². The monoisotopic (exact) mass is 361 g/mol. The summed E-state index contributed by atoms with van der Waals surface area (Å²) in [5, 5.41) is 3.29. The van der Waals surface area contributed by atoms with E-state index in [1.807, 2.05) is 59.5 Å². The number of amides is 1. The van der Waals surface area contributed by atoms with Crippen LogP contribution in [0.15, 0.2) is 59.6 Å². The largest absolute Gasteiger partial charge is 0.316 e. The molecule has 2 heterocycles. The fourth-order valence-electron chi connectivity index (χ4n) is 4.10. The Balaban J connectivity index is 1.82. The summed E-state index contributed by atoms with van der Waals surface area (Å²) in [4.78, 5) is 31.8. The lowest BCUT2D eigenvalue weighted by Crippen LogP contribution is -2.54. The van der Waals surface area contributed by atoms with Crippen molar-refractivity contribution in [2.45, 2.75) is 19.4 Å². The molecule has 2 aromatic rings. The molecule has 2 aromatic carbocycles. The highest BCUT2D eigenvalue weighted by Gasteiger charge is 2.38. The Morgan fingerprint density at radius 1 is 1.11 bits per heavy atom. The van der Waals surface area contributed by atoms with Gasteiger partial charge in [-0.05, 0) is 26.0 Å². The fourth-order valence-corrected chi connectivity index (χ4v) is 4.10. The van der Waals surface area contributed by atoms with E-state index in [1.165, 1.54) is 0 Å². The lowest BCUT2D eigenvalue weighted by atomic mass is 9.88. The minimum Gasteiger partial charge on any atom is -0.316 e. The van der Waals surface area contributed by atoms with E-state index in [4.69, 9.17) is 0 Å². The van der Waals surface area contributed by atoms with E-state index < -0.39 is 0 Å². The van der Waals surface area contributed by atoms with E-state index in [0.29, 0.717) is 6.54 Å². The average Bonchev–Trinajstić information content (AvgIpc) is 2.84. The van der Waals surface area contributed by atoms with Crippen LogP contribution in [0.5, 0.6) is 0 Å². The molecule has 1 saturated heterocycles. The van der Waals surface area contributed by atoms with Crippen LogP contribution in [0.1, 0.15) is 24.5 Å². The van der Waals surface area contributed by atoms with Gasteiger partial charge in [0.1, 0.15) is 12.3 Å². The summed E-state index contributed by atoms with van der Waals surface area (Å²) in [6, 6.07) is 17.7. The van der Waals surface area contributed by atoms with E-state index in [1.54, 1.807) is 6.92 Å². The van der Waals surface area contributed by atoms with Gasteiger partial charge in [0.2, 0.25) is 5.91 Å². The Bertz CT molecular complexity index is 891. The van der Waals surface area contributed by atoms with Crippen LogP contribution in [-0.4, -0.2) is 43.1 Å². The molecule has 2 atom stereocenters. The Kier molecular flexibility index (Phi) is 4.86. The van der Waals surface area contributed by atoms with Gasteiger partial charge in [-0.15, -0.1) is 0 Å². The summed E-state index contributed by atoms with van der Waals surface area (Å²) < 4.78 is 0. The molecule has 0 radical (unpaired) electrons. The zero-order valence-corrected chi connectivity index (χ0v) is 15.4. The van der Waals surface area contributed by atoms with Gasteiger partial charge in [0.25, 0.3) is 0 Å². The molecule has 27 heavy (non-hydrogen) atoms. The maximum Gasteiger partial charge on any atom is 0.248 e. The van der Waals surface area contributed by atoms with E-state index in [9.17, 15) is 9.59 Å². The van der Waals surface area contributed by atoms with Gasteiger partial charge in [-0.25, -0.2) is 0 Å². The highest BCUT2D eigenvalue weighted by molar-refractivity contribution is 6.19. The van der Waals surface area contributed by atoms with E-state index in [2.05, 4.69) is 10.3 Å². The maximum atomic E-state index is 13.1. The molecule has 1 N–H and O–H groups in total. The summed E-state index contributed by atoms with van der Waals surface area (Å²) in [6.45, 7) is 3.11. The number of ketones is 1.